The maximum absolute atomic E-state index is 10.9. The average molecular weight is 312 g/mol. The highest BCUT2D eigenvalue weighted by Gasteiger charge is 2.61. The van der Waals surface area contributed by atoms with E-state index in [9.17, 15) is 15.3 Å². The number of terminal acetylenes is 1. The number of aromatic hydroxyl groups is 2. The van der Waals surface area contributed by atoms with Crippen LogP contribution in [0.5, 0.6) is 11.5 Å². The first kappa shape index (κ1) is 14.9. The molecule has 0 heterocycles. The van der Waals surface area contributed by atoms with Crippen molar-refractivity contribution in [2.24, 2.45) is 17.3 Å². The minimum absolute atomic E-state index is 0.0228. The van der Waals surface area contributed by atoms with E-state index < -0.39 is 5.60 Å². The van der Waals surface area contributed by atoms with Crippen LogP contribution in [0.1, 0.15) is 56.1 Å². The van der Waals surface area contributed by atoms with Gasteiger partial charge < -0.3 is 15.3 Å². The van der Waals surface area contributed by atoms with Gasteiger partial charge in [-0.15, -0.1) is 6.42 Å². The maximum Gasteiger partial charge on any atom is 0.160 e. The van der Waals surface area contributed by atoms with E-state index in [2.05, 4.69) is 12.8 Å². The fraction of sp³-hybridized carbons (Fsp3) is 0.600. The smallest absolute Gasteiger partial charge is 0.160 e. The third kappa shape index (κ3) is 1.76. The molecular weight excluding hydrogens is 288 g/mol. The number of benzene rings is 1. The Labute approximate surface area is 137 Å². The van der Waals surface area contributed by atoms with Gasteiger partial charge in [-0.05, 0) is 67.9 Å². The van der Waals surface area contributed by atoms with E-state index >= 15 is 0 Å². The second-order valence-electron chi connectivity index (χ2n) is 7.92. The summed E-state index contributed by atoms with van der Waals surface area (Å²) in [6, 6.07) is 3.59. The van der Waals surface area contributed by atoms with Crippen LogP contribution in [-0.2, 0) is 6.42 Å². The fourth-order valence-corrected chi connectivity index (χ4v) is 5.89. The molecule has 0 aromatic heterocycles. The normalized spacial score (nSPS) is 41.5. The lowest BCUT2D eigenvalue weighted by atomic mass is 9.53. The van der Waals surface area contributed by atoms with Crippen molar-refractivity contribution in [3.05, 3.63) is 23.3 Å². The summed E-state index contributed by atoms with van der Waals surface area (Å²) in [6.07, 6.45) is 11.0. The van der Waals surface area contributed by atoms with E-state index in [1.54, 1.807) is 6.07 Å². The minimum Gasteiger partial charge on any atom is -0.504 e. The van der Waals surface area contributed by atoms with Gasteiger partial charge in [-0.2, -0.15) is 0 Å². The van der Waals surface area contributed by atoms with E-state index in [-0.39, 0.29) is 16.9 Å². The van der Waals surface area contributed by atoms with Crippen LogP contribution >= 0.6 is 0 Å². The Bertz CT molecular complexity index is 704. The van der Waals surface area contributed by atoms with Crippen LogP contribution in [0.15, 0.2) is 12.1 Å². The molecule has 122 valence electrons. The summed E-state index contributed by atoms with van der Waals surface area (Å²) in [5.41, 5.74) is 0.939. The lowest BCUT2D eigenvalue weighted by molar-refractivity contribution is -0.0647. The summed E-state index contributed by atoms with van der Waals surface area (Å²) in [4.78, 5) is 0. The highest BCUT2D eigenvalue weighted by molar-refractivity contribution is 5.51. The zero-order valence-corrected chi connectivity index (χ0v) is 13.5. The summed E-state index contributed by atoms with van der Waals surface area (Å²) < 4.78 is 0. The van der Waals surface area contributed by atoms with Crippen LogP contribution in [-0.4, -0.2) is 20.9 Å². The summed E-state index contributed by atoms with van der Waals surface area (Å²) in [5, 5.41) is 30.8. The molecule has 4 rings (SSSR count). The van der Waals surface area contributed by atoms with Crippen molar-refractivity contribution in [3.63, 3.8) is 0 Å². The van der Waals surface area contributed by atoms with E-state index in [1.165, 1.54) is 5.56 Å². The molecule has 3 aliphatic carbocycles. The SMILES string of the molecule is C#C[C@]1(O)CC[C@@H]2[C@@H]3CCc4c(ccc(O)c4O)[C@H]3CC[C@]21C. The molecular formula is C20H24O3. The van der Waals surface area contributed by atoms with Crippen molar-refractivity contribution < 1.29 is 15.3 Å². The second-order valence-corrected chi connectivity index (χ2v) is 7.92. The minimum atomic E-state index is -0.972. The van der Waals surface area contributed by atoms with Gasteiger partial charge in [-0.25, -0.2) is 0 Å². The van der Waals surface area contributed by atoms with Gasteiger partial charge in [0.15, 0.2) is 11.5 Å². The summed E-state index contributed by atoms with van der Waals surface area (Å²) in [7, 11) is 0. The van der Waals surface area contributed by atoms with Crippen molar-refractivity contribution in [2.45, 2.75) is 57.0 Å². The lowest BCUT2D eigenvalue weighted by Gasteiger charge is -2.52. The third-order valence-corrected chi connectivity index (χ3v) is 7.25. The molecule has 3 heteroatoms. The number of rotatable bonds is 0. The Morgan fingerprint density at radius 3 is 2.70 bits per heavy atom. The molecule has 3 aliphatic rings. The Hall–Kier alpha value is -1.66. The molecule has 3 nitrogen and oxygen atoms in total. The summed E-state index contributed by atoms with van der Waals surface area (Å²) in [6.45, 7) is 2.17. The predicted molar refractivity (Wildman–Crippen MR) is 88.2 cm³/mol. The fourth-order valence-electron chi connectivity index (χ4n) is 5.89. The Balaban J connectivity index is 1.74. The quantitative estimate of drug-likeness (QED) is 0.509. The van der Waals surface area contributed by atoms with Gasteiger partial charge in [0.05, 0.1) is 0 Å². The van der Waals surface area contributed by atoms with Gasteiger partial charge in [0.2, 0.25) is 0 Å². The first-order chi connectivity index (χ1) is 10.9. The first-order valence-corrected chi connectivity index (χ1v) is 8.65. The van der Waals surface area contributed by atoms with Crippen LogP contribution in [0.4, 0.5) is 0 Å². The molecule has 2 saturated carbocycles. The van der Waals surface area contributed by atoms with Gasteiger partial charge in [0.25, 0.3) is 0 Å². The number of fused-ring (bicyclic) bond motifs is 5. The first-order valence-electron chi connectivity index (χ1n) is 8.65. The molecule has 5 atom stereocenters. The van der Waals surface area contributed by atoms with Crippen LogP contribution in [0.25, 0.3) is 0 Å². The average Bonchev–Trinajstić information content (AvgIpc) is 2.83. The molecule has 3 N–H and O–H groups in total. The van der Waals surface area contributed by atoms with Crippen molar-refractivity contribution in [2.75, 3.05) is 0 Å². The lowest BCUT2D eigenvalue weighted by Crippen LogP contribution is -2.50. The zero-order chi connectivity index (χ0) is 16.4. The van der Waals surface area contributed by atoms with E-state index in [0.717, 1.165) is 37.7 Å². The third-order valence-electron chi connectivity index (χ3n) is 7.25. The van der Waals surface area contributed by atoms with Crippen molar-refractivity contribution in [1.29, 1.82) is 0 Å². The topological polar surface area (TPSA) is 60.7 Å². The van der Waals surface area contributed by atoms with Gasteiger partial charge in [0.1, 0.15) is 5.60 Å². The highest BCUT2D eigenvalue weighted by atomic mass is 16.3. The number of hydrogen-bond donors (Lipinski definition) is 3. The number of phenolic OH excluding ortho intramolecular Hbond substituents is 2. The molecule has 0 saturated heterocycles. The molecule has 0 radical (unpaired) electrons. The van der Waals surface area contributed by atoms with E-state index in [0.29, 0.717) is 24.2 Å². The zero-order valence-electron chi connectivity index (χ0n) is 13.5. The molecule has 0 amide bonds. The van der Waals surface area contributed by atoms with Gasteiger partial charge in [-0.3, -0.25) is 0 Å². The maximum atomic E-state index is 10.9. The molecule has 0 unspecified atom stereocenters. The Kier molecular flexibility index (Phi) is 3.03. The van der Waals surface area contributed by atoms with Crippen molar-refractivity contribution in [1.82, 2.24) is 0 Å². The largest absolute Gasteiger partial charge is 0.504 e. The van der Waals surface area contributed by atoms with Gasteiger partial charge in [-0.1, -0.05) is 18.9 Å². The molecule has 0 aliphatic heterocycles. The second kappa shape index (κ2) is 4.68. The Morgan fingerprint density at radius 2 is 1.96 bits per heavy atom. The molecule has 1 aromatic rings. The summed E-state index contributed by atoms with van der Waals surface area (Å²) >= 11 is 0. The number of aliphatic hydroxyl groups is 1. The molecule has 0 bridgehead atoms. The molecule has 2 fully saturated rings. The van der Waals surface area contributed by atoms with E-state index in [4.69, 9.17) is 6.42 Å². The molecule has 0 spiro atoms. The van der Waals surface area contributed by atoms with Crippen LogP contribution in [0, 0.1) is 29.6 Å². The van der Waals surface area contributed by atoms with Crippen LogP contribution in [0.3, 0.4) is 0 Å². The standard InChI is InChI=1S/C20H24O3/c1-3-20(23)11-9-16-14-4-5-15-12(6-7-17(21)18(15)22)13(14)8-10-19(16,20)2/h1,6-7,13-14,16,21-23H,4-5,8-11H2,2H3/t13-,14-,16-,19-,20+/m1/s1. The van der Waals surface area contributed by atoms with Gasteiger partial charge >= 0.3 is 0 Å². The Morgan fingerprint density at radius 1 is 1.17 bits per heavy atom. The van der Waals surface area contributed by atoms with Crippen molar-refractivity contribution >= 4 is 0 Å². The number of hydrogen-bond acceptors (Lipinski definition) is 3. The monoisotopic (exact) mass is 312 g/mol. The molecule has 1 aromatic carbocycles. The predicted octanol–water partition coefficient (Wildman–Crippen LogP) is 3.32. The van der Waals surface area contributed by atoms with Gasteiger partial charge in [0, 0.05) is 11.0 Å². The van der Waals surface area contributed by atoms with E-state index in [1.807, 2.05) is 6.07 Å². The summed E-state index contributed by atoms with van der Waals surface area (Å²) in [5.74, 6) is 4.08. The van der Waals surface area contributed by atoms with Crippen LogP contribution in [0.2, 0.25) is 0 Å². The highest BCUT2D eigenvalue weighted by Crippen LogP contribution is 2.64. The number of phenols is 2. The van der Waals surface area contributed by atoms with Crippen molar-refractivity contribution in [3.8, 4) is 23.8 Å². The molecule has 23 heavy (non-hydrogen) atoms. The van der Waals surface area contributed by atoms with Crippen LogP contribution < -0.4 is 0 Å².